The fourth-order valence-corrected chi connectivity index (χ4v) is 1.77. The highest BCUT2D eigenvalue weighted by Crippen LogP contribution is 2.16. The van der Waals surface area contributed by atoms with Crippen LogP contribution in [-0.2, 0) is 13.1 Å². The Labute approximate surface area is 102 Å². The monoisotopic (exact) mass is 227 g/mol. The molecule has 0 aliphatic rings. The molecule has 2 rings (SSSR count). The highest BCUT2D eigenvalue weighted by molar-refractivity contribution is 5.48. The molecule has 88 valence electrons. The van der Waals surface area contributed by atoms with Crippen LogP contribution in [0, 0.1) is 0 Å². The van der Waals surface area contributed by atoms with E-state index in [1.165, 1.54) is 11.3 Å². The Bertz CT molecular complexity index is 468. The van der Waals surface area contributed by atoms with E-state index in [0.29, 0.717) is 6.54 Å². The van der Waals surface area contributed by atoms with Crippen LogP contribution < -0.4 is 10.6 Å². The third kappa shape index (κ3) is 3.04. The third-order valence-corrected chi connectivity index (χ3v) is 2.76. The summed E-state index contributed by atoms with van der Waals surface area (Å²) in [6.45, 7) is 1.45. The van der Waals surface area contributed by atoms with E-state index in [0.717, 1.165) is 12.1 Å². The second-order valence-corrected chi connectivity index (χ2v) is 4.09. The van der Waals surface area contributed by atoms with Crippen LogP contribution in [0.25, 0.3) is 0 Å². The number of nitrogens with zero attached hydrogens (tertiary/aromatic N) is 2. The van der Waals surface area contributed by atoms with Crippen molar-refractivity contribution in [3.05, 3.63) is 59.9 Å². The van der Waals surface area contributed by atoms with Crippen molar-refractivity contribution in [3.63, 3.8) is 0 Å². The van der Waals surface area contributed by atoms with Crippen molar-refractivity contribution >= 4 is 5.69 Å². The van der Waals surface area contributed by atoms with Crippen molar-refractivity contribution in [2.75, 3.05) is 11.9 Å². The standard InChI is InChI=1S/C14H17N3/c1-17(11-12-5-7-16-8-6-12)14-4-2-3-13(9-14)10-15/h2-9H,10-11,15H2,1H3. The Hall–Kier alpha value is -1.87. The van der Waals surface area contributed by atoms with Crippen molar-refractivity contribution < 1.29 is 0 Å². The molecule has 2 N–H and O–H groups in total. The van der Waals surface area contributed by atoms with Gasteiger partial charge in [-0.2, -0.15) is 0 Å². The SMILES string of the molecule is CN(Cc1ccncc1)c1cccc(CN)c1. The van der Waals surface area contributed by atoms with Crippen molar-refractivity contribution in [2.24, 2.45) is 5.73 Å². The molecule has 0 aliphatic heterocycles. The lowest BCUT2D eigenvalue weighted by molar-refractivity contribution is 0.916. The predicted molar refractivity (Wildman–Crippen MR) is 70.7 cm³/mol. The first-order valence-corrected chi connectivity index (χ1v) is 5.68. The summed E-state index contributed by atoms with van der Waals surface area (Å²) in [4.78, 5) is 6.22. The second-order valence-electron chi connectivity index (χ2n) is 4.09. The lowest BCUT2D eigenvalue weighted by atomic mass is 10.2. The number of nitrogens with two attached hydrogens (primary N) is 1. The molecule has 0 saturated heterocycles. The van der Waals surface area contributed by atoms with Crippen LogP contribution in [0.3, 0.4) is 0 Å². The third-order valence-electron chi connectivity index (χ3n) is 2.76. The maximum atomic E-state index is 5.64. The van der Waals surface area contributed by atoms with Gasteiger partial charge in [0.25, 0.3) is 0 Å². The topological polar surface area (TPSA) is 42.2 Å². The summed E-state index contributed by atoms with van der Waals surface area (Å²) in [7, 11) is 2.08. The minimum absolute atomic E-state index is 0.580. The number of anilines is 1. The fourth-order valence-electron chi connectivity index (χ4n) is 1.77. The average molecular weight is 227 g/mol. The van der Waals surface area contributed by atoms with Crippen LogP contribution in [0.15, 0.2) is 48.8 Å². The Morgan fingerprint density at radius 2 is 1.88 bits per heavy atom. The average Bonchev–Trinajstić information content (AvgIpc) is 2.40. The Kier molecular flexibility index (Phi) is 3.73. The Morgan fingerprint density at radius 1 is 1.12 bits per heavy atom. The van der Waals surface area contributed by atoms with Crippen LogP contribution in [0.1, 0.15) is 11.1 Å². The van der Waals surface area contributed by atoms with Gasteiger partial charge in [0.2, 0.25) is 0 Å². The first-order valence-electron chi connectivity index (χ1n) is 5.68. The van der Waals surface area contributed by atoms with Gasteiger partial charge in [-0.1, -0.05) is 12.1 Å². The quantitative estimate of drug-likeness (QED) is 0.870. The molecule has 17 heavy (non-hydrogen) atoms. The maximum absolute atomic E-state index is 5.64. The second kappa shape index (κ2) is 5.46. The van der Waals surface area contributed by atoms with Gasteiger partial charge in [-0.05, 0) is 35.4 Å². The summed E-state index contributed by atoms with van der Waals surface area (Å²) in [5, 5.41) is 0. The summed E-state index contributed by atoms with van der Waals surface area (Å²) in [6, 6.07) is 12.4. The number of aromatic nitrogens is 1. The van der Waals surface area contributed by atoms with Gasteiger partial charge in [0.1, 0.15) is 0 Å². The number of hydrogen-bond donors (Lipinski definition) is 1. The van der Waals surface area contributed by atoms with Gasteiger partial charge in [-0.25, -0.2) is 0 Å². The van der Waals surface area contributed by atoms with Crippen LogP contribution in [0.4, 0.5) is 5.69 Å². The summed E-state index contributed by atoms with van der Waals surface area (Å²) >= 11 is 0. The molecule has 3 heteroatoms. The molecule has 0 radical (unpaired) electrons. The summed E-state index contributed by atoms with van der Waals surface area (Å²) in [6.07, 6.45) is 3.64. The van der Waals surface area contributed by atoms with E-state index >= 15 is 0 Å². The van der Waals surface area contributed by atoms with Gasteiger partial charge < -0.3 is 10.6 Å². The summed E-state index contributed by atoms with van der Waals surface area (Å²) in [5.74, 6) is 0. The number of rotatable bonds is 4. The van der Waals surface area contributed by atoms with Gasteiger partial charge in [0, 0.05) is 38.2 Å². The zero-order valence-electron chi connectivity index (χ0n) is 10.0. The van der Waals surface area contributed by atoms with Gasteiger partial charge in [0.05, 0.1) is 0 Å². The molecule has 1 aromatic carbocycles. The molecule has 0 spiro atoms. The zero-order valence-corrected chi connectivity index (χ0v) is 10.0. The fraction of sp³-hybridized carbons (Fsp3) is 0.214. The van der Waals surface area contributed by atoms with Crippen molar-refractivity contribution in [2.45, 2.75) is 13.1 Å². The molecule has 3 nitrogen and oxygen atoms in total. The lowest BCUT2D eigenvalue weighted by Gasteiger charge is -2.20. The van der Waals surface area contributed by atoms with E-state index in [4.69, 9.17) is 5.73 Å². The van der Waals surface area contributed by atoms with Gasteiger partial charge in [-0.3, -0.25) is 4.98 Å². The summed E-state index contributed by atoms with van der Waals surface area (Å²) in [5.41, 5.74) is 9.24. The highest BCUT2D eigenvalue weighted by atomic mass is 15.1. The largest absolute Gasteiger partial charge is 0.370 e. The molecule has 0 saturated carbocycles. The van der Waals surface area contributed by atoms with Crippen LogP contribution in [-0.4, -0.2) is 12.0 Å². The molecule has 0 atom stereocenters. The van der Waals surface area contributed by atoms with Gasteiger partial charge in [-0.15, -0.1) is 0 Å². The van der Waals surface area contributed by atoms with E-state index in [-0.39, 0.29) is 0 Å². The molecular weight excluding hydrogens is 210 g/mol. The van der Waals surface area contributed by atoms with Crippen molar-refractivity contribution in [1.29, 1.82) is 0 Å². The van der Waals surface area contributed by atoms with E-state index < -0.39 is 0 Å². The Morgan fingerprint density at radius 3 is 2.59 bits per heavy atom. The molecule has 0 bridgehead atoms. The number of benzene rings is 1. The first kappa shape index (κ1) is 11.6. The van der Waals surface area contributed by atoms with Crippen molar-refractivity contribution in [3.8, 4) is 0 Å². The molecule has 1 heterocycles. The smallest absolute Gasteiger partial charge is 0.0427 e. The normalized spacial score (nSPS) is 10.2. The Balaban J connectivity index is 2.11. The van der Waals surface area contributed by atoms with Gasteiger partial charge in [0.15, 0.2) is 0 Å². The highest BCUT2D eigenvalue weighted by Gasteiger charge is 2.02. The molecule has 2 aromatic rings. The predicted octanol–water partition coefficient (Wildman–Crippen LogP) is 2.18. The van der Waals surface area contributed by atoms with Crippen LogP contribution in [0.2, 0.25) is 0 Å². The van der Waals surface area contributed by atoms with E-state index in [1.807, 2.05) is 36.7 Å². The van der Waals surface area contributed by atoms with Crippen LogP contribution >= 0.6 is 0 Å². The lowest BCUT2D eigenvalue weighted by Crippen LogP contribution is -2.16. The number of hydrogen-bond acceptors (Lipinski definition) is 3. The minimum Gasteiger partial charge on any atom is -0.370 e. The minimum atomic E-state index is 0.580. The van der Waals surface area contributed by atoms with E-state index in [1.54, 1.807) is 0 Å². The molecule has 0 amide bonds. The van der Waals surface area contributed by atoms with Crippen LogP contribution in [0.5, 0.6) is 0 Å². The molecular formula is C14H17N3. The number of pyridine rings is 1. The summed E-state index contributed by atoms with van der Waals surface area (Å²) < 4.78 is 0. The zero-order chi connectivity index (χ0) is 12.1. The maximum Gasteiger partial charge on any atom is 0.0427 e. The van der Waals surface area contributed by atoms with Crippen molar-refractivity contribution in [1.82, 2.24) is 4.98 Å². The molecule has 0 unspecified atom stereocenters. The molecule has 1 aromatic heterocycles. The molecule has 0 aliphatic carbocycles. The van der Waals surface area contributed by atoms with Gasteiger partial charge >= 0.3 is 0 Å². The first-order chi connectivity index (χ1) is 8.29. The van der Waals surface area contributed by atoms with E-state index in [2.05, 4.69) is 29.1 Å². The van der Waals surface area contributed by atoms with E-state index in [9.17, 15) is 0 Å². The molecule has 0 fully saturated rings.